The summed E-state index contributed by atoms with van der Waals surface area (Å²) in [6.07, 6.45) is 9.65. The van der Waals surface area contributed by atoms with E-state index in [1.165, 1.54) is 71.1 Å². The summed E-state index contributed by atoms with van der Waals surface area (Å²) in [6.45, 7) is 13.4. The summed E-state index contributed by atoms with van der Waals surface area (Å²) in [5.74, 6) is 0. The Morgan fingerprint density at radius 3 is 2.29 bits per heavy atom. The van der Waals surface area contributed by atoms with Gasteiger partial charge in [-0.2, -0.15) is 0 Å². The summed E-state index contributed by atoms with van der Waals surface area (Å²) in [7, 11) is 0. The van der Waals surface area contributed by atoms with Crippen LogP contribution in [-0.4, -0.2) is 60.6 Å². The Hall–Kier alpha value is -0.120. The zero-order valence-electron chi connectivity index (χ0n) is 14.6. The topological polar surface area (TPSA) is 18.5 Å². The standard InChI is InChI=1S/C18H37N3/c1-4-8-16(2)19-15-17(3)20-13-9-18(10-14-20)21-11-6-5-7-12-21/h16-19H,4-15H2,1-3H3. The molecule has 2 atom stereocenters. The van der Waals surface area contributed by atoms with E-state index < -0.39 is 0 Å². The number of hydrogen-bond donors (Lipinski definition) is 1. The van der Waals surface area contributed by atoms with E-state index in [2.05, 4.69) is 35.9 Å². The van der Waals surface area contributed by atoms with Gasteiger partial charge in [0, 0.05) is 24.7 Å². The van der Waals surface area contributed by atoms with Gasteiger partial charge in [0.25, 0.3) is 0 Å². The maximum atomic E-state index is 3.70. The van der Waals surface area contributed by atoms with E-state index in [9.17, 15) is 0 Å². The fourth-order valence-electron chi connectivity index (χ4n) is 4.01. The molecule has 2 saturated heterocycles. The van der Waals surface area contributed by atoms with Crippen LogP contribution in [0.2, 0.25) is 0 Å². The lowest BCUT2D eigenvalue weighted by Gasteiger charge is -2.42. The molecule has 0 bridgehead atoms. The van der Waals surface area contributed by atoms with Crippen LogP contribution in [0.15, 0.2) is 0 Å². The average Bonchev–Trinajstić information content (AvgIpc) is 2.54. The van der Waals surface area contributed by atoms with Gasteiger partial charge in [0.2, 0.25) is 0 Å². The van der Waals surface area contributed by atoms with Gasteiger partial charge in [0.05, 0.1) is 0 Å². The van der Waals surface area contributed by atoms with Crippen molar-refractivity contribution >= 4 is 0 Å². The highest BCUT2D eigenvalue weighted by Gasteiger charge is 2.27. The van der Waals surface area contributed by atoms with Gasteiger partial charge in [-0.25, -0.2) is 0 Å². The lowest BCUT2D eigenvalue weighted by Crippen LogP contribution is -2.51. The van der Waals surface area contributed by atoms with Gasteiger partial charge in [0.1, 0.15) is 0 Å². The Balaban J connectivity index is 1.65. The Labute approximate surface area is 132 Å². The summed E-state index contributed by atoms with van der Waals surface area (Å²) in [6, 6.07) is 2.23. The third-order valence-electron chi connectivity index (χ3n) is 5.51. The predicted molar refractivity (Wildman–Crippen MR) is 91.9 cm³/mol. The van der Waals surface area contributed by atoms with Gasteiger partial charge < -0.3 is 10.2 Å². The number of hydrogen-bond acceptors (Lipinski definition) is 3. The monoisotopic (exact) mass is 295 g/mol. The molecule has 2 aliphatic heterocycles. The molecule has 124 valence electrons. The van der Waals surface area contributed by atoms with E-state index in [0.29, 0.717) is 12.1 Å². The molecule has 0 aromatic rings. The Morgan fingerprint density at radius 2 is 1.67 bits per heavy atom. The zero-order chi connectivity index (χ0) is 15.1. The van der Waals surface area contributed by atoms with E-state index in [-0.39, 0.29) is 0 Å². The second-order valence-electron chi connectivity index (χ2n) is 7.31. The molecule has 2 rings (SSSR count). The van der Waals surface area contributed by atoms with Crippen molar-refractivity contribution < 1.29 is 0 Å². The van der Waals surface area contributed by atoms with Crippen molar-refractivity contribution in [2.75, 3.05) is 32.7 Å². The van der Waals surface area contributed by atoms with Crippen molar-refractivity contribution in [2.24, 2.45) is 0 Å². The number of likely N-dealkylation sites (tertiary alicyclic amines) is 2. The van der Waals surface area contributed by atoms with E-state index in [4.69, 9.17) is 0 Å². The van der Waals surface area contributed by atoms with Crippen LogP contribution in [0.5, 0.6) is 0 Å². The van der Waals surface area contributed by atoms with Crippen LogP contribution in [0.3, 0.4) is 0 Å². The molecule has 2 fully saturated rings. The second kappa shape index (κ2) is 9.12. The van der Waals surface area contributed by atoms with Crippen molar-refractivity contribution in [3.8, 4) is 0 Å². The number of nitrogens with zero attached hydrogens (tertiary/aromatic N) is 2. The van der Waals surface area contributed by atoms with Gasteiger partial charge in [0.15, 0.2) is 0 Å². The zero-order valence-corrected chi connectivity index (χ0v) is 14.6. The van der Waals surface area contributed by atoms with E-state index in [1.54, 1.807) is 0 Å². The minimum atomic E-state index is 0.670. The quantitative estimate of drug-likeness (QED) is 0.778. The van der Waals surface area contributed by atoms with Crippen molar-refractivity contribution in [2.45, 2.75) is 83.8 Å². The van der Waals surface area contributed by atoms with Gasteiger partial charge in [-0.3, -0.25) is 4.90 Å². The van der Waals surface area contributed by atoms with Crippen LogP contribution in [0, 0.1) is 0 Å². The molecule has 0 amide bonds. The summed E-state index contributed by atoms with van der Waals surface area (Å²) in [5, 5.41) is 3.70. The Bertz CT molecular complexity index is 268. The number of nitrogens with one attached hydrogen (secondary N) is 1. The third kappa shape index (κ3) is 5.54. The number of piperidine rings is 2. The number of rotatable bonds is 7. The van der Waals surface area contributed by atoms with E-state index in [1.807, 2.05) is 0 Å². The molecule has 1 N–H and O–H groups in total. The Morgan fingerprint density at radius 1 is 1.00 bits per heavy atom. The van der Waals surface area contributed by atoms with Crippen LogP contribution in [0.1, 0.15) is 65.7 Å². The highest BCUT2D eigenvalue weighted by molar-refractivity contribution is 4.84. The lowest BCUT2D eigenvalue weighted by atomic mass is 9.99. The molecule has 0 spiro atoms. The minimum Gasteiger partial charge on any atom is -0.313 e. The predicted octanol–water partition coefficient (Wildman–Crippen LogP) is 3.10. The summed E-state index contributed by atoms with van der Waals surface area (Å²) in [4.78, 5) is 5.47. The molecular formula is C18H37N3. The molecule has 2 unspecified atom stereocenters. The molecule has 2 heterocycles. The summed E-state index contributed by atoms with van der Waals surface area (Å²) in [5.41, 5.74) is 0. The fourth-order valence-corrected chi connectivity index (χ4v) is 4.01. The van der Waals surface area contributed by atoms with E-state index in [0.717, 1.165) is 12.6 Å². The van der Waals surface area contributed by atoms with Crippen molar-refractivity contribution in [3.63, 3.8) is 0 Å². The first-order valence-electron chi connectivity index (χ1n) is 9.42. The molecule has 21 heavy (non-hydrogen) atoms. The highest BCUT2D eigenvalue weighted by Crippen LogP contribution is 2.21. The lowest BCUT2D eigenvalue weighted by molar-refractivity contribution is 0.0751. The third-order valence-corrected chi connectivity index (χ3v) is 5.51. The summed E-state index contributed by atoms with van der Waals surface area (Å²) < 4.78 is 0. The van der Waals surface area contributed by atoms with Crippen molar-refractivity contribution in [1.82, 2.24) is 15.1 Å². The molecule has 0 aromatic heterocycles. The van der Waals surface area contributed by atoms with Gasteiger partial charge >= 0.3 is 0 Å². The van der Waals surface area contributed by atoms with Crippen LogP contribution >= 0.6 is 0 Å². The smallest absolute Gasteiger partial charge is 0.0192 e. The highest BCUT2D eigenvalue weighted by atomic mass is 15.2. The van der Waals surface area contributed by atoms with Crippen molar-refractivity contribution in [1.29, 1.82) is 0 Å². The van der Waals surface area contributed by atoms with Crippen LogP contribution < -0.4 is 5.32 Å². The normalized spacial score (nSPS) is 25.9. The SMILES string of the molecule is CCCC(C)NCC(C)N1CCC(N2CCCCC2)CC1. The van der Waals surface area contributed by atoms with Gasteiger partial charge in [-0.1, -0.05) is 19.8 Å². The maximum absolute atomic E-state index is 3.70. The van der Waals surface area contributed by atoms with Gasteiger partial charge in [-0.05, 0) is 72.1 Å². The molecule has 3 nitrogen and oxygen atoms in total. The first kappa shape index (κ1) is 17.2. The average molecular weight is 296 g/mol. The first-order valence-corrected chi connectivity index (χ1v) is 9.42. The van der Waals surface area contributed by atoms with Crippen LogP contribution in [0.25, 0.3) is 0 Å². The maximum Gasteiger partial charge on any atom is 0.0192 e. The van der Waals surface area contributed by atoms with Crippen LogP contribution in [-0.2, 0) is 0 Å². The first-order chi connectivity index (χ1) is 10.2. The largest absolute Gasteiger partial charge is 0.313 e. The van der Waals surface area contributed by atoms with Crippen LogP contribution in [0.4, 0.5) is 0 Å². The molecule has 0 aromatic carbocycles. The fraction of sp³-hybridized carbons (Fsp3) is 1.00. The molecule has 0 saturated carbocycles. The molecular weight excluding hydrogens is 258 g/mol. The molecule has 0 aliphatic carbocycles. The van der Waals surface area contributed by atoms with E-state index >= 15 is 0 Å². The van der Waals surface area contributed by atoms with Crippen molar-refractivity contribution in [3.05, 3.63) is 0 Å². The molecule has 0 radical (unpaired) electrons. The van der Waals surface area contributed by atoms with Gasteiger partial charge in [-0.15, -0.1) is 0 Å². The minimum absolute atomic E-state index is 0.670. The Kier molecular flexibility index (Phi) is 7.48. The summed E-state index contributed by atoms with van der Waals surface area (Å²) >= 11 is 0. The molecule has 2 aliphatic rings. The molecule has 3 heteroatoms. The second-order valence-corrected chi connectivity index (χ2v) is 7.31.